The molecule has 0 radical (unpaired) electrons. The molecule has 0 fully saturated rings. The Labute approximate surface area is 104 Å². The molecule has 0 saturated carbocycles. The average Bonchev–Trinajstić information content (AvgIpc) is 2.66. The average molecular weight is 307 g/mol. The first-order valence-electron chi connectivity index (χ1n) is 4.17. The van der Waals surface area contributed by atoms with Gasteiger partial charge in [-0.3, -0.25) is 0 Å². The Morgan fingerprint density at radius 2 is 2.27 bits per heavy atom. The summed E-state index contributed by atoms with van der Waals surface area (Å²) in [5.41, 5.74) is 1.27. The van der Waals surface area contributed by atoms with Crippen LogP contribution in [0.25, 0.3) is 10.6 Å². The molecular formula is C10H6BrClFNS. The highest BCUT2D eigenvalue weighted by atomic mass is 79.9. The first kappa shape index (κ1) is 11.0. The van der Waals surface area contributed by atoms with E-state index in [2.05, 4.69) is 20.9 Å². The second-order valence-corrected chi connectivity index (χ2v) is 4.85. The van der Waals surface area contributed by atoms with E-state index in [1.54, 1.807) is 12.1 Å². The summed E-state index contributed by atoms with van der Waals surface area (Å²) in [6, 6.07) is 4.86. The zero-order valence-corrected chi connectivity index (χ0v) is 10.7. The molecule has 0 aliphatic rings. The Kier molecular flexibility index (Phi) is 3.38. The van der Waals surface area contributed by atoms with Crippen molar-refractivity contribution in [2.75, 3.05) is 0 Å². The molecule has 0 amide bonds. The van der Waals surface area contributed by atoms with E-state index in [0.29, 0.717) is 20.9 Å². The molecule has 0 saturated heterocycles. The van der Waals surface area contributed by atoms with Gasteiger partial charge >= 0.3 is 0 Å². The minimum Gasteiger partial charge on any atom is -0.240 e. The number of nitrogens with zero attached hydrogens (tertiary/aromatic N) is 1. The summed E-state index contributed by atoms with van der Waals surface area (Å²) in [5.74, 6) is 0.0719. The van der Waals surface area contributed by atoms with Crippen LogP contribution >= 0.6 is 38.9 Å². The normalized spacial score (nSPS) is 10.6. The number of thiazole rings is 1. The van der Waals surface area contributed by atoms with Gasteiger partial charge in [0.25, 0.3) is 0 Å². The third-order valence-corrected chi connectivity index (χ3v) is 3.71. The van der Waals surface area contributed by atoms with Crippen LogP contribution in [-0.2, 0) is 5.88 Å². The molecule has 5 heteroatoms. The van der Waals surface area contributed by atoms with E-state index in [-0.39, 0.29) is 5.82 Å². The zero-order chi connectivity index (χ0) is 10.8. The van der Waals surface area contributed by atoms with Crippen LogP contribution in [0.15, 0.2) is 28.1 Å². The first-order valence-corrected chi connectivity index (χ1v) is 6.38. The predicted octanol–water partition coefficient (Wildman–Crippen LogP) is 4.45. The van der Waals surface area contributed by atoms with Gasteiger partial charge in [0.15, 0.2) is 0 Å². The van der Waals surface area contributed by atoms with E-state index in [9.17, 15) is 4.39 Å². The lowest BCUT2D eigenvalue weighted by molar-refractivity contribution is 0.630. The van der Waals surface area contributed by atoms with Crippen LogP contribution in [0.4, 0.5) is 4.39 Å². The molecule has 0 atom stereocenters. The number of rotatable bonds is 2. The van der Waals surface area contributed by atoms with E-state index in [0.717, 1.165) is 5.69 Å². The SMILES string of the molecule is Fc1cccc(Br)c1-c1nc(CCl)cs1. The summed E-state index contributed by atoms with van der Waals surface area (Å²) < 4.78 is 14.3. The second kappa shape index (κ2) is 4.60. The van der Waals surface area contributed by atoms with Gasteiger partial charge in [0, 0.05) is 9.85 Å². The van der Waals surface area contributed by atoms with Crippen LogP contribution in [0.5, 0.6) is 0 Å². The maximum Gasteiger partial charge on any atom is 0.134 e. The van der Waals surface area contributed by atoms with Gasteiger partial charge in [-0.1, -0.05) is 6.07 Å². The Hall–Kier alpha value is -0.450. The molecule has 0 aliphatic heterocycles. The molecule has 1 aromatic carbocycles. The van der Waals surface area contributed by atoms with Gasteiger partial charge in [-0.25, -0.2) is 9.37 Å². The van der Waals surface area contributed by atoms with Crippen molar-refractivity contribution in [1.82, 2.24) is 4.98 Å². The zero-order valence-electron chi connectivity index (χ0n) is 7.51. The number of benzene rings is 1. The van der Waals surface area contributed by atoms with Crippen molar-refractivity contribution >= 4 is 38.9 Å². The van der Waals surface area contributed by atoms with Crippen LogP contribution in [0, 0.1) is 5.82 Å². The van der Waals surface area contributed by atoms with E-state index in [1.165, 1.54) is 17.4 Å². The lowest BCUT2D eigenvalue weighted by atomic mass is 10.2. The Morgan fingerprint density at radius 3 is 2.87 bits per heavy atom. The summed E-state index contributed by atoms with van der Waals surface area (Å²) >= 11 is 10.3. The fourth-order valence-corrected chi connectivity index (χ4v) is 2.95. The third kappa shape index (κ3) is 2.22. The quantitative estimate of drug-likeness (QED) is 0.747. The number of halogens is 3. The molecule has 2 aromatic rings. The molecular weight excluding hydrogens is 301 g/mol. The van der Waals surface area contributed by atoms with E-state index in [1.807, 2.05) is 5.38 Å². The van der Waals surface area contributed by atoms with Crippen molar-refractivity contribution in [3.8, 4) is 10.6 Å². The molecule has 0 N–H and O–H groups in total. The van der Waals surface area contributed by atoms with Crippen molar-refractivity contribution in [2.45, 2.75) is 5.88 Å². The summed E-state index contributed by atoms with van der Waals surface area (Å²) in [6.07, 6.45) is 0. The molecule has 78 valence electrons. The highest BCUT2D eigenvalue weighted by Crippen LogP contribution is 2.33. The summed E-state index contributed by atoms with van der Waals surface area (Å²) in [5, 5.41) is 2.48. The van der Waals surface area contributed by atoms with Crippen molar-refractivity contribution in [3.63, 3.8) is 0 Å². The molecule has 1 aromatic heterocycles. The molecule has 1 nitrogen and oxygen atoms in total. The standard InChI is InChI=1S/C10H6BrClFNS/c11-7-2-1-3-8(13)9(7)10-14-6(4-12)5-15-10/h1-3,5H,4H2. The molecule has 15 heavy (non-hydrogen) atoms. The number of hydrogen-bond acceptors (Lipinski definition) is 2. The molecule has 0 spiro atoms. The lowest BCUT2D eigenvalue weighted by Crippen LogP contribution is -1.85. The van der Waals surface area contributed by atoms with Gasteiger partial charge in [-0.05, 0) is 28.1 Å². The Balaban J connectivity index is 2.53. The third-order valence-electron chi connectivity index (χ3n) is 1.87. The van der Waals surface area contributed by atoms with Crippen LogP contribution in [0.2, 0.25) is 0 Å². The van der Waals surface area contributed by atoms with Crippen molar-refractivity contribution in [2.24, 2.45) is 0 Å². The van der Waals surface area contributed by atoms with E-state index in [4.69, 9.17) is 11.6 Å². The van der Waals surface area contributed by atoms with Crippen molar-refractivity contribution < 1.29 is 4.39 Å². The van der Waals surface area contributed by atoms with Crippen molar-refractivity contribution in [1.29, 1.82) is 0 Å². The van der Waals surface area contributed by atoms with Crippen LogP contribution in [-0.4, -0.2) is 4.98 Å². The summed E-state index contributed by atoms with van der Waals surface area (Å²) in [7, 11) is 0. The largest absolute Gasteiger partial charge is 0.240 e. The molecule has 0 bridgehead atoms. The molecule has 1 heterocycles. The fraction of sp³-hybridized carbons (Fsp3) is 0.100. The van der Waals surface area contributed by atoms with Gasteiger partial charge < -0.3 is 0 Å². The smallest absolute Gasteiger partial charge is 0.134 e. The van der Waals surface area contributed by atoms with Gasteiger partial charge in [0.05, 0.1) is 17.1 Å². The van der Waals surface area contributed by atoms with Gasteiger partial charge in [0.1, 0.15) is 10.8 Å². The highest BCUT2D eigenvalue weighted by molar-refractivity contribution is 9.10. The Bertz CT molecular complexity index is 466. The van der Waals surface area contributed by atoms with Gasteiger partial charge in [0.2, 0.25) is 0 Å². The van der Waals surface area contributed by atoms with Crippen LogP contribution in [0.1, 0.15) is 5.69 Å². The summed E-state index contributed by atoms with van der Waals surface area (Å²) in [4.78, 5) is 4.24. The maximum absolute atomic E-state index is 13.6. The fourth-order valence-electron chi connectivity index (χ4n) is 1.19. The molecule has 0 aliphatic carbocycles. The predicted molar refractivity (Wildman–Crippen MR) is 64.8 cm³/mol. The Morgan fingerprint density at radius 1 is 1.47 bits per heavy atom. The maximum atomic E-state index is 13.6. The number of aromatic nitrogens is 1. The van der Waals surface area contributed by atoms with Crippen LogP contribution < -0.4 is 0 Å². The van der Waals surface area contributed by atoms with Gasteiger partial charge in [-0.15, -0.1) is 22.9 Å². The minimum absolute atomic E-state index is 0.278. The monoisotopic (exact) mass is 305 g/mol. The summed E-state index contributed by atoms with van der Waals surface area (Å²) in [6.45, 7) is 0. The number of hydrogen-bond donors (Lipinski definition) is 0. The highest BCUT2D eigenvalue weighted by Gasteiger charge is 2.12. The molecule has 2 rings (SSSR count). The second-order valence-electron chi connectivity index (χ2n) is 2.87. The number of alkyl halides is 1. The molecule has 0 unspecified atom stereocenters. The first-order chi connectivity index (χ1) is 7.22. The minimum atomic E-state index is -0.278. The van der Waals surface area contributed by atoms with E-state index < -0.39 is 0 Å². The van der Waals surface area contributed by atoms with Crippen LogP contribution in [0.3, 0.4) is 0 Å². The van der Waals surface area contributed by atoms with Crippen molar-refractivity contribution in [3.05, 3.63) is 39.6 Å². The topological polar surface area (TPSA) is 12.9 Å². The van der Waals surface area contributed by atoms with Gasteiger partial charge in [-0.2, -0.15) is 0 Å². The van der Waals surface area contributed by atoms with E-state index >= 15 is 0 Å². The lowest BCUT2D eigenvalue weighted by Gasteiger charge is -2.01.